The van der Waals surface area contributed by atoms with Gasteiger partial charge in [-0.25, -0.2) is 9.59 Å². The Morgan fingerprint density at radius 3 is 2.22 bits per heavy atom. The van der Waals surface area contributed by atoms with Gasteiger partial charge in [0.05, 0.1) is 7.11 Å². The summed E-state index contributed by atoms with van der Waals surface area (Å²) in [5.41, 5.74) is 10.7. The van der Waals surface area contributed by atoms with Crippen LogP contribution in [-0.4, -0.2) is 94.3 Å². The van der Waals surface area contributed by atoms with Crippen LogP contribution in [0.2, 0.25) is 0 Å². The number of esters is 1. The lowest BCUT2D eigenvalue weighted by molar-refractivity contribution is -0.131. The number of nitrogens with two attached hydrogens (primary N) is 2. The number of rotatable bonds is 21. The number of ether oxygens (including phenoxy) is 3. The molecule has 0 aliphatic rings. The number of carbonyl (C=O) groups excluding carboxylic acids is 6. The molecule has 2 atom stereocenters. The Labute approximate surface area is 263 Å². The lowest BCUT2D eigenvalue weighted by Gasteiger charge is -2.25. The van der Waals surface area contributed by atoms with Crippen LogP contribution in [0.3, 0.4) is 0 Å². The minimum Gasteiger partial charge on any atom is -0.483 e. The van der Waals surface area contributed by atoms with Gasteiger partial charge in [-0.15, -0.1) is 0 Å². The Kier molecular flexibility index (Phi) is 18.3. The van der Waals surface area contributed by atoms with E-state index in [1.54, 1.807) is 13.8 Å². The number of hydrogen-bond donors (Lipinski definition) is 7. The van der Waals surface area contributed by atoms with E-state index in [9.17, 15) is 28.8 Å². The summed E-state index contributed by atoms with van der Waals surface area (Å²) >= 11 is 0. The second-order valence-corrected chi connectivity index (χ2v) is 10.4. The first-order chi connectivity index (χ1) is 21.4. The van der Waals surface area contributed by atoms with Gasteiger partial charge in [-0.3, -0.25) is 19.2 Å². The molecule has 0 aromatic heterocycles. The van der Waals surface area contributed by atoms with Crippen LogP contribution < -0.4 is 42.8 Å². The molecule has 0 saturated carbocycles. The van der Waals surface area contributed by atoms with E-state index < -0.39 is 54.3 Å². The number of carbonyl (C=O) groups is 6. The Balaban J connectivity index is 3.01. The van der Waals surface area contributed by atoms with Crippen LogP contribution in [0, 0.1) is 5.92 Å². The van der Waals surface area contributed by atoms with E-state index in [-0.39, 0.29) is 35.9 Å². The molecule has 0 radical (unpaired) electrons. The predicted molar refractivity (Wildman–Crippen MR) is 165 cm³/mol. The highest BCUT2D eigenvalue weighted by molar-refractivity contribution is 5.99. The number of amides is 6. The van der Waals surface area contributed by atoms with Gasteiger partial charge < -0.3 is 52.3 Å². The van der Waals surface area contributed by atoms with E-state index in [4.69, 9.17) is 25.7 Å². The molecule has 0 heterocycles. The largest absolute Gasteiger partial charge is 0.483 e. The molecule has 252 valence electrons. The van der Waals surface area contributed by atoms with Gasteiger partial charge in [0.25, 0.3) is 5.91 Å². The van der Waals surface area contributed by atoms with Gasteiger partial charge >= 0.3 is 12.0 Å². The van der Waals surface area contributed by atoms with Crippen LogP contribution in [0.5, 0.6) is 5.75 Å². The summed E-state index contributed by atoms with van der Waals surface area (Å²) in [5.74, 6) is -3.04. The Morgan fingerprint density at radius 2 is 1.60 bits per heavy atom. The van der Waals surface area contributed by atoms with E-state index in [0.717, 1.165) is 6.42 Å². The van der Waals surface area contributed by atoms with Crippen molar-refractivity contribution in [3.05, 3.63) is 23.8 Å². The van der Waals surface area contributed by atoms with Gasteiger partial charge in [-0.2, -0.15) is 0 Å². The van der Waals surface area contributed by atoms with E-state index in [1.165, 1.54) is 32.2 Å². The number of benzene rings is 1. The average Bonchev–Trinajstić information content (AvgIpc) is 2.99. The Morgan fingerprint density at radius 1 is 0.911 bits per heavy atom. The van der Waals surface area contributed by atoms with Crippen LogP contribution in [-0.2, 0) is 28.7 Å². The third-order valence-corrected chi connectivity index (χ3v) is 6.20. The Hall–Kier alpha value is -4.44. The summed E-state index contributed by atoms with van der Waals surface area (Å²) in [6.07, 6.45) is 1.75. The second-order valence-electron chi connectivity index (χ2n) is 10.4. The van der Waals surface area contributed by atoms with Crippen molar-refractivity contribution in [2.45, 2.75) is 58.5 Å². The van der Waals surface area contributed by atoms with Gasteiger partial charge in [0, 0.05) is 45.0 Å². The van der Waals surface area contributed by atoms with E-state index in [1.807, 2.05) is 0 Å². The van der Waals surface area contributed by atoms with Gasteiger partial charge in [-0.05, 0) is 50.3 Å². The van der Waals surface area contributed by atoms with Crippen molar-refractivity contribution < 1.29 is 43.0 Å². The molecule has 9 N–H and O–H groups in total. The highest BCUT2D eigenvalue weighted by atomic mass is 16.5. The zero-order valence-corrected chi connectivity index (χ0v) is 26.4. The molecule has 0 aliphatic carbocycles. The number of methoxy groups -OCH3 is 1. The minimum absolute atomic E-state index is 0.0170. The summed E-state index contributed by atoms with van der Waals surface area (Å²) in [6.45, 7) is 6.42. The fourth-order valence-corrected chi connectivity index (χ4v) is 3.91. The topological polar surface area (TPSA) is 242 Å². The molecule has 0 spiro atoms. The summed E-state index contributed by atoms with van der Waals surface area (Å²) in [4.78, 5) is 73.7. The van der Waals surface area contributed by atoms with Crippen LogP contribution in [0.1, 0.15) is 56.8 Å². The van der Waals surface area contributed by atoms with Crippen LogP contribution in [0.15, 0.2) is 18.2 Å². The maximum Gasteiger partial charge on any atom is 0.341 e. The summed E-state index contributed by atoms with van der Waals surface area (Å²) in [7, 11) is 1.19. The first-order valence-electron chi connectivity index (χ1n) is 14.7. The molecule has 0 fully saturated rings. The zero-order chi connectivity index (χ0) is 33.8. The number of hydrogen-bond acceptors (Lipinski definition) is 10. The van der Waals surface area contributed by atoms with E-state index in [0.29, 0.717) is 39.1 Å². The third kappa shape index (κ3) is 15.7. The summed E-state index contributed by atoms with van der Waals surface area (Å²) in [5, 5.41) is 13.0. The van der Waals surface area contributed by atoms with Crippen LogP contribution >= 0.6 is 0 Å². The smallest absolute Gasteiger partial charge is 0.341 e. The molecule has 0 saturated heterocycles. The minimum atomic E-state index is -1.07. The molecule has 16 nitrogen and oxygen atoms in total. The molecule has 1 aromatic rings. The van der Waals surface area contributed by atoms with Gasteiger partial charge in [0.2, 0.25) is 17.7 Å². The van der Waals surface area contributed by atoms with Crippen molar-refractivity contribution in [1.29, 1.82) is 0 Å². The number of urea groups is 1. The van der Waals surface area contributed by atoms with Crippen molar-refractivity contribution in [3.63, 3.8) is 0 Å². The number of primary amides is 1. The Bertz CT molecular complexity index is 1150. The molecular weight excluding hydrogens is 590 g/mol. The van der Waals surface area contributed by atoms with Crippen molar-refractivity contribution in [2.75, 3.05) is 51.9 Å². The number of anilines is 1. The maximum atomic E-state index is 13.3. The molecule has 0 bridgehead atoms. The standard InChI is InChI=1S/C29H47N7O9/c1-18(2)25(34-19(3)37)27(40)36-22(8-5-12-33-29(31)42)26(39)35-20-9-10-21(28(41)43-4)23(16-20)45-17-24(38)32-13-7-15-44-14-6-11-30/h9-10,16,18,22,25H,5-8,11-15,17,30H2,1-4H3,(H,32,38)(H,34,37)(H,35,39)(H,36,40)(H3,31,33,42)/t22-,25-/m0/s1. The van der Waals surface area contributed by atoms with Gasteiger partial charge in [0.1, 0.15) is 23.4 Å². The maximum absolute atomic E-state index is 13.3. The number of nitrogens with one attached hydrogen (secondary N) is 5. The summed E-state index contributed by atoms with van der Waals surface area (Å²) in [6, 6.07) is 1.45. The van der Waals surface area contributed by atoms with Crippen molar-refractivity contribution in [2.24, 2.45) is 17.4 Å². The predicted octanol–water partition coefficient (Wildman–Crippen LogP) is -0.244. The molecular formula is C29H47N7O9. The molecule has 0 unspecified atom stereocenters. The van der Waals surface area contributed by atoms with E-state index >= 15 is 0 Å². The van der Waals surface area contributed by atoms with Gasteiger partial charge in [0.15, 0.2) is 6.61 Å². The SMILES string of the molecule is COC(=O)c1ccc(NC(=O)[C@H](CCCNC(N)=O)NC(=O)[C@@H](NC(C)=O)C(C)C)cc1OCC(=O)NCCCOCCCN. The zero-order valence-electron chi connectivity index (χ0n) is 26.4. The highest BCUT2D eigenvalue weighted by Gasteiger charge is 2.28. The van der Waals surface area contributed by atoms with E-state index in [2.05, 4.69) is 26.6 Å². The van der Waals surface area contributed by atoms with Crippen molar-refractivity contribution in [1.82, 2.24) is 21.3 Å². The average molecular weight is 638 g/mol. The monoisotopic (exact) mass is 637 g/mol. The van der Waals surface area contributed by atoms with Crippen molar-refractivity contribution in [3.8, 4) is 5.75 Å². The fraction of sp³-hybridized carbons (Fsp3) is 0.586. The molecule has 45 heavy (non-hydrogen) atoms. The highest BCUT2D eigenvalue weighted by Crippen LogP contribution is 2.25. The molecule has 0 aliphatic heterocycles. The fourth-order valence-electron chi connectivity index (χ4n) is 3.91. The summed E-state index contributed by atoms with van der Waals surface area (Å²) < 4.78 is 15.8. The third-order valence-electron chi connectivity index (χ3n) is 6.20. The quantitative estimate of drug-likeness (QED) is 0.0689. The molecule has 1 aromatic carbocycles. The molecule has 6 amide bonds. The normalized spacial score (nSPS) is 12.0. The first-order valence-corrected chi connectivity index (χ1v) is 14.7. The lowest BCUT2D eigenvalue weighted by atomic mass is 10.0. The van der Waals surface area contributed by atoms with Crippen LogP contribution in [0.25, 0.3) is 0 Å². The van der Waals surface area contributed by atoms with Crippen LogP contribution in [0.4, 0.5) is 10.5 Å². The molecule has 1 rings (SSSR count). The van der Waals surface area contributed by atoms with Gasteiger partial charge in [-0.1, -0.05) is 13.8 Å². The first kappa shape index (κ1) is 38.6. The molecule has 16 heteroatoms. The second kappa shape index (κ2) is 21.3. The van der Waals surface area contributed by atoms with Crippen molar-refractivity contribution >= 4 is 41.3 Å². The lowest BCUT2D eigenvalue weighted by Crippen LogP contribution is -2.54.